The van der Waals surface area contributed by atoms with Crippen LogP contribution in [0.2, 0.25) is 0 Å². The number of phenolic OH excluding ortho intramolecular Hbond substituents is 1. The van der Waals surface area contributed by atoms with E-state index in [9.17, 15) is 34.8 Å². The highest BCUT2D eigenvalue weighted by molar-refractivity contribution is 6.24. The summed E-state index contributed by atoms with van der Waals surface area (Å²) in [7, 11) is 3.68. The number of Topliss-reactive ketones (excluding diaryl/α,β-unsaturated/α-hetero) is 2. The van der Waals surface area contributed by atoms with Gasteiger partial charge >= 0.3 is 0 Å². The molecule has 0 bridgehead atoms. The fraction of sp³-hybridized carbons (Fsp3) is 0.500. The topological polar surface area (TPSA) is 165 Å². The van der Waals surface area contributed by atoms with Crippen molar-refractivity contribution < 1.29 is 34.8 Å². The van der Waals surface area contributed by atoms with Crippen LogP contribution in [0.4, 0.5) is 5.69 Å². The van der Waals surface area contributed by atoms with Gasteiger partial charge in [-0.1, -0.05) is 13.8 Å². The second-order valence-electron chi connectivity index (χ2n) is 10.0. The molecule has 1 aromatic carbocycles. The Bertz CT molecular complexity index is 1230. The fourth-order valence-corrected chi connectivity index (χ4v) is 5.93. The summed E-state index contributed by atoms with van der Waals surface area (Å²) in [4.78, 5) is 42.7. The molecule has 0 aliphatic heterocycles. The number of benzene rings is 1. The maximum Gasteiger partial charge on any atom is 0.255 e. The Labute approximate surface area is 209 Å². The van der Waals surface area contributed by atoms with Crippen molar-refractivity contribution in [1.29, 1.82) is 0 Å². The molecule has 0 spiro atoms. The largest absolute Gasteiger partial charge is 0.511 e. The van der Waals surface area contributed by atoms with Crippen molar-refractivity contribution in [2.45, 2.75) is 45.3 Å². The van der Waals surface area contributed by atoms with Gasteiger partial charge in [0.1, 0.15) is 22.8 Å². The number of carbonyl (C=O) groups is 3. The van der Waals surface area contributed by atoms with Crippen molar-refractivity contribution in [3.8, 4) is 5.75 Å². The Kier molecular flexibility index (Phi) is 6.38. The monoisotopic (exact) mass is 499 g/mol. The molecule has 0 aromatic heterocycles. The summed E-state index contributed by atoms with van der Waals surface area (Å²) >= 11 is 0. The van der Waals surface area contributed by atoms with Gasteiger partial charge < -0.3 is 31.1 Å². The molecule has 3 aliphatic carbocycles. The molecule has 0 heterocycles. The lowest BCUT2D eigenvalue weighted by Gasteiger charge is -2.46. The van der Waals surface area contributed by atoms with Crippen molar-refractivity contribution in [1.82, 2.24) is 4.90 Å². The number of aliphatic hydroxyl groups excluding tert-OH is 2. The lowest BCUT2D eigenvalue weighted by Crippen LogP contribution is -2.57. The van der Waals surface area contributed by atoms with E-state index in [-0.39, 0.29) is 36.1 Å². The molecule has 1 aromatic rings. The molecule has 36 heavy (non-hydrogen) atoms. The molecule has 194 valence electrons. The number of hydrogen-bond donors (Lipinski definition) is 5. The summed E-state index contributed by atoms with van der Waals surface area (Å²) in [6.45, 7) is 5.89. The van der Waals surface area contributed by atoms with Crippen molar-refractivity contribution in [3.63, 3.8) is 0 Å². The van der Waals surface area contributed by atoms with Crippen molar-refractivity contribution in [2.75, 3.05) is 32.1 Å². The van der Waals surface area contributed by atoms with Crippen LogP contribution in [0.3, 0.4) is 0 Å². The van der Waals surface area contributed by atoms with Crippen LogP contribution in [-0.2, 0) is 22.6 Å². The summed E-state index contributed by atoms with van der Waals surface area (Å²) < 4.78 is 0. The van der Waals surface area contributed by atoms with Crippen LogP contribution in [0.15, 0.2) is 28.7 Å². The van der Waals surface area contributed by atoms with Gasteiger partial charge in [0.05, 0.1) is 5.56 Å². The molecule has 3 aliphatic rings. The maximum absolute atomic E-state index is 13.9. The number of aliphatic hydroxyl groups is 3. The van der Waals surface area contributed by atoms with Crippen LogP contribution < -0.4 is 10.6 Å². The molecule has 3 atom stereocenters. The SMILES string of the molecule is CCN(CC)Cc1cc(N(C)C)c2c(c1O)C(=O)C1=C(O)[C@]3(O)C(=O)C(C(N)=O)=C(O)C[C@@H]3C[C@@H]1C2. The predicted molar refractivity (Wildman–Crippen MR) is 132 cm³/mol. The Balaban J connectivity index is 1.90. The smallest absolute Gasteiger partial charge is 0.255 e. The third-order valence-electron chi connectivity index (χ3n) is 7.89. The molecule has 0 saturated carbocycles. The first kappa shape index (κ1) is 25.7. The van der Waals surface area contributed by atoms with Crippen molar-refractivity contribution >= 4 is 23.2 Å². The Hall–Kier alpha value is -3.37. The number of phenols is 1. The standard InChI is InChI=1S/C26H33N3O7/c1-5-29(6-2)11-13-9-16(28(3)4)15-8-12-7-14-10-17(30)20(25(27)35)24(34)26(14,36)23(33)18(12)22(32)19(15)21(13)31/h9,12,14,30-31,33,36H,5-8,10-11H2,1-4H3,(H2,27,35)/t12-,14+,26+/m1/s1. The number of hydrogen-bond acceptors (Lipinski definition) is 9. The van der Waals surface area contributed by atoms with E-state index in [1.54, 1.807) is 0 Å². The highest BCUT2D eigenvalue weighted by atomic mass is 16.3. The number of fused-ring (bicyclic) bond motifs is 3. The number of aromatic hydroxyl groups is 1. The van der Waals surface area contributed by atoms with Gasteiger partial charge in [0, 0.05) is 49.8 Å². The molecule has 4 rings (SSSR count). The highest BCUT2D eigenvalue weighted by Crippen LogP contribution is 2.52. The van der Waals surface area contributed by atoms with Gasteiger partial charge in [-0.2, -0.15) is 0 Å². The summed E-state index contributed by atoms with van der Waals surface area (Å²) in [6, 6.07) is 1.87. The van der Waals surface area contributed by atoms with Gasteiger partial charge in [-0.05, 0) is 43.5 Å². The second kappa shape index (κ2) is 8.94. The van der Waals surface area contributed by atoms with Crippen LogP contribution >= 0.6 is 0 Å². The van der Waals surface area contributed by atoms with Crippen LogP contribution in [0.1, 0.15) is 48.2 Å². The van der Waals surface area contributed by atoms with Gasteiger partial charge in [0.25, 0.3) is 5.91 Å². The molecule has 10 heteroatoms. The minimum absolute atomic E-state index is 0.0416. The molecule has 0 radical (unpaired) electrons. The second-order valence-corrected chi connectivity index (χ2v) is 10.0. The zero-order valence-electron chi connectivity index (χ0n) is 21.0. The van der Waals surface area contributed by atoms with Crippen LogP contribution in [0.5, 0.6) is 5.75 Å². The zero-order valence-corrected chi connectivity index (χ0v) is 21.0. The number of anilines is 1. The fourth-order valence-electron chi connectivity index (χ4n) is 5.93. The minimum Gasteiger partial charge on any atom is -0.511 e. The first-order valence-electron chi connectivity index (χ1n) is 12.1. The van der Waals surface area contributed by atoms with Gasteiger partial charge in [0.2, 0.25) is 5.78 Å². The third-order valence-corrected chi connectivity index (χ3v) is 7.89. The highest BCUT2D eigenvalue weighted by Gasteiger charge is 2.59. The van der Waals surface area contributed by atoms with E-state index >= 15 is 0 Å². The summed E-state index contributed by atoms with van der Waals surface area (Å²) in [6.07, 6.45) is 0.142. The molecular weight excluding hydrogens is 466 g/mol. The van der Waals surface area contributed by atoms with E-state index in [1.807, 2.05) is 38.9 Å². The lowest BCUT2D eigenvalue weighted by molar-refractivity contribution is -0.144. The average Bonchev–Trinajstić information content (AvgIpc) is 2.80. The first-order valence-corrected chi connectivity index (χ1v) is 12.1. The number of rotatable bonds is 6. The number of primary amides is 1. The number of ketones is 2. The number of nitrogens with two attached hydrogens (primary N) is 1. The molecule has 10 nitrogen and oxygen atoms in total. The Morgan fingerprint density at radius 1 is 1.14 bits per heavy atom. The van der Waals surface area contributed by atoms with E-state index in [1.165, 1.54) is 0 Å². The van der Waals surface area contributed by atoms with Crippen LogP contribution in [0.25, 0.3) is 0 Å². The molecule has 0 unspecified atom stereocenters. The third kappa shape index (κ3) is 3.58. The number of nitrogens with zero attached hydrogens (tertiary/aromatic N) is 2. The molecule has 0 fully saturated rings. The molecule has 6 N–H and O–H groups in total. The maximum atomic E-state index is 13.9. The zero-order chi connectivity index (χ0) is 26.7. The predicted octanol–water partition coefficient (Wildman–Crippen LogP) is 1.49. The van der Waals surface area contributed by atoms with Gasteiger partial charge in [-0.3, -0.25) is 19.3 Å². The quantitative estimate of drug-likeness (QED) is 0.365. The number of carbonyl (C=O) groups excluding carboxylic acids is 3. The molecule has 1 amide bonds. The van der Waals surface area contributed by atoms with Crippen molar-refractivity contribution in [2.24, 2.45) is 17.6 Å². The van der Waals surface area contributed by atoms with E-state index < -0.39 is 52.0 Å². The van der Waals surface area contributed by atoms with E-state index in [0.29, 0.717) is 17.7 Å². The first-order chi connectivity index (χ1) is 16.9. The average molecular weight is 500 g/mol. The van der Waals surface area contributed by atoms with E-state index in [2.05, 4.69) is 4.90 Å². The molecular formula is C26H33N3O7. The minimum atomic E-state index is -2.56. The Morgan fingerprint density at radius 2 is 1.78 bits per heavy atom. The number of allylic oxidation sites excluding steroid dienone is 2. The number of amides is 1. The normalized spacial score (nSPS) is 25.6. The van der Waals surface area contributed by atoms with E-state index in [4.69, 9.17) is 5.73 Å². The Morgan fingerprint density at radius 3 is 2.33 bits per heavy atom. The van der Waals surface area contributed by atoms with Crippen LogP contribution in [0, 0.1) is 11.8 Å². The summed E-state index contributed by atoms with van der Waals surface area (Å²) in [5.41, 5.74) is 3.73. The summed E-state index contributed by atoms with van der Waals surface area (Å²) in [5.74, 6) is -6.18. The van der Waals surface area contributed by atoms with Gasteiger partial charge in [-0.15, -0.1) is 0 Å². The summed E-state index contributed by atoms with van der Waals surface area (Å²) in [5, 5.41) is 44.1. The molecule has 0 saturated heterocycles. The van der Waals surface area contributed by atoms with Crippen molar-refractivity contribution in [3.05, 3.63) is 45.4 Å². The van der Waals surface area contributed by atoms with Gasteiger partial charge in [-0.25, -0.2) is 0 Å². The van der Waals surface area contributed by atoms with E-state index in [0.717, 1.165) is 18.8 Å². The van der Waals surface area contributed by atoms with Crippen LogP contribution in [-0.4, -0.2) is 75.6 Å². The lowest BCUT2D eigenvalue weighted by atomic mass is 9.60. The van der Waals surface area contributed by atoms with Gasteiger partial charge in [0.15, 0.2) is 11.4 Å².